The van der Waals surface area contributed by atoms with Crippen molar-refractivity contribution in [1.29, 1.82) is 0 Å². The summed E-state index contributed by atoms with van der Waals surface area (Å²) in [5, 5.41) is 12.8. The molecule has 3 heterocycles. The number of amides is 3. The zero-order valence-electron chi connectivity index (χ0n) is 19.0. The average Bonchev–Trinajstić information content (AvgIpc) is 3.20. The van der Waals surface area contributed by atoms with Gasteiger partial charge in [0.25, 0.3) is 0 Å². The number of carboxylic acids is 1. The second-order valence-electron chi connectivity index (χ2n) is 8.91. The number of aromatic nitrogens is 1. The Hall–Kier alpha value is -2.78. The summed E-state index contributed by atoms with van der Waals surface area (Å²) >= 11 is 0. The predicted octanol–water partition coefficient (Wildman–Crippen LogP) is 2.15. The molecular weight excluding hydrogens is 402 g/mol. The molecule has 0 unspecified atom stereocenters. The van der Waals surface area contributed by atoms with Crippen molar-refractivity contribution in [2.45, 2.75) is 64.8 Å². The number of likely N-dealkylation sites (tertiary alicyclic amines) is 1. The van der Waals surface area contributed by atoms with E-state index in [1.54, 1.807) is 15.9 Å². The highest BCUT2D eigenvalue weighted by Crippen LogP contribution is 2.23. The molecule has 0 aliphatic carbocycles. The average molecular weight is 438 g/mol. The van der Waals surface area contributed by atoms with Crippen molar-refractivity contribution in [3.63, 3.8) is 0 Å². The summed E-state index contributed by atoms with van der Waals surface area (Å²) in [6.07, 6.45) is 2.69. The first-order chi connectivity index (χ1) is 14.5. The van der Waals surface area contributed by atoms with E-state index >= 15 is 0 Å². The third kappa shape index (κ3) is 6.60. The molecule has 174 valence electrons. The number of aliphatic carboxylic acids is 1. The van der Waals surface area contributed by atoms with Crippen LogP contribution in [0.2, 0.25) is 0 Å². The molecule has 10 heteroatoms. The van der Waals surface area contributed by atoms with Crippen LogP contribution in [0.4, 0.5) is 10.6 Å². The molecule has 0 bridgehead atoms. The fraction of sp³-hybridized carbons (Fsp3) is 0.714. The predicted molar refractivity (Wildman–Crippen MR) is 115 cm³/mol. The standard InChI is InChI=1S/C14H23N3O4.C7H12N2O/c1-2-12(18)15-7-9-16(10-8-15)14(21)17-6-4-3-5-11(17)13(19)20;1-7(2,3)5-4-6(8)9-10-5/h11H,2-10H2,1H3,(H,19,20);4H,1-3H3,(H2,8,9)/t11-;/m0./s1. The van der Waals surface area contributed by atoms with E-state index in [9.17, 15) is 19.5 Å². The van der Waals surface area contributed by atoms with Crippen LogP contribution in [0.3, 0.4) is 0 Å². The molecular formula is C21H35N5O5. The molecule has 2 fully saturated rings. The normalized spacial score (nSPS) is 19.5. The maximum atomic E-state index is 12.5. The van der Waals surface area contributed by atoms with Gasteiger partial charge in [0.15, 0.2) is 5.82 Å². The Morgan fingerprint density at radius 3 is 2.19 bits per heavy atom. The second-order valence-corrected chi connectivity index (χ2v) is 8.91. The highest BCUT2D eigenvalue weighted by atomic mass is 16.5. The van der Waals surface area contributed by atoms with Crippen LogP contribution in [0.25, 0.3) is 0 Å². The highest BCUT2D eigenvalue weighted by molar-refractivity contribution is 5.83. The molecule has 3 amide bonds. The lowest BCUT2D eigenvalue weighted by atomic mass is 9.93. The molecule has 2 saturated heterocycles. The van der Waals surface area contributed by atoms with Crippen molar-refractivity contribution in [1.82, 2.24) is 19.9 Å². The summed E-state index contributed by atoms with van der Waals surface area (Å²) in [5.41, 5.74) is 5.38. The van der Waals surface area contributed by atoms with E-state index in [1.807, 2.05) is 27.7 Å². The molecule has 2 aliphatic heterocycles. The van der Waals surface area contributed by atoms with Crippen molar-refractivity contribution in [3.8, 4) is 0 Å². The number of anilines is 1. The maximum absolute atomic E-state index is 12.5. The van der Waals surface area contributed by atoms with Crippen LogP contribution in [0.1, 0.15) is 59.1 Å². The zero-order valence-corrected chi connectivity index (χ0v) is 19.0. The van der Waals surface area contributed by atoms with Gasteiger partial charge in [0, 0.05) is 50.6 Å². The van der Waals surface area contributed by atoms with E-state index in [-0.39, 0.29) is 17.4 Å². The van der Waals surface area contributed by atoms with Crippen LogP contribution in [0, 0.1) is 0 Å². The minimum absolute atomic E-state index is 0.00458. The Balaban J connectivity index is 0.000000285. The maximum Gasteiger partial charge on any atom is 0.326 e. The number of nitrogens with two attached hydrogens (primary N) is 1. The topological polar surface area (TPSA) is 133 Å². The summed E-state index contributed by atoms with van der Waals surface area (Å²) in [6.45, 7) is 10.5. The third-order valence-electron chi connectivity index (χ3n) is 5.51. The number of carboxylic acid groups (broad SMARTS) is 1. The van der Waals surface area contributed by atoms with Gasteiger partial charge in [-0.15, -0.1) is 0 Å². The van der Waals surface area contributed by atoms with Crippen LogP contribution in [-0.4, -0.2) is 81.6 Å². The number of rotatable bonds is 2. The Morgan fingerprint density at radius 2 is 1.74 bits per heavy atom. The number of piperidine rings is 1. The summed E-state index contributed by atoms with van der Waals surface area (Å²) < 4.78 is 4.95. The molecule has 0 saturated carbocycles. The van der Waals surface area contributed by atoms with Gasteiger partial charge in [-0.2, -0.15) is 0 Å². The quantitative estimate of drug-likeness (QED) is 0.724. The largest absolute Gasteiger partial charge is 0.480 e. The SMILES string of the molecule is CC(C)(C)c1cc(N)no1.CCC(=O)N1CCN(C(=O)N2CCCC[C@H]2C(=O)O)CC1. The minimum Gasteiger partial charge on any atom is -0.480 e. The molecule has 2 aliphatic rings. The summed E-state index contributed by atoms with van der Waals surface area (Å²) in [7, 11) is 0. The minimum atomic E-state index is -0.928. The lowest BCUT2D eigenvalue weighted by molar-refractivity contribution is -0.143. The third-order valence-corrected chi connectivity index (χ3v) is 5.51. The van der Waals surface area contributed by atoms with Gasteiger partial charge in [-0.1, -0.05) is 32.9 Å². The van der Waals surface area contributed by atoms with E-state index in [4.69, 9.17) is 10.3 Å². The molecule has 1 atom stereocenters. The zero-order chi connectivity index (χ0) is 23.2. The summed E-state index contributed by atoms with van der Waals surface area (Å²) in [5.74, 6) is 0.446. The fourth-order valence-corrected chi connectivity index (χ4v) is 3.61. The number of nitrogen functional groups attached to an aromatic ring is 1. The summed E-state index contributed by atoms with van der Waals surface area (Å²) in [4.78, 5) is 40.3. The van der Waals surface area contributed by atoms with Crippen molar-refractivity contribution >= 4 is 23.7 Å². The van der Waals surface area contributed by atoms with Crippen LogP contribution in [-0.2, 0) is 15.0 Å². The molecule has 1 aromatic rings. The monoisotopic (exact) mass is 437 g/mol. The van der Waals surface area contributed by atoms with Crippen LogP contribution >= 0.6 is 0 Å². The van der Waals surface area contributed by atoms with E-state index in [0.717, 1.165) is 18.6 Å². The van der Waals surface area contributed by atoms with E-state index in [2.05, 4.69) is 5.16 Å². The number of urea groups is 1. The number of carbonyl (C=O) groups is 3. The Kier molecular flexibility index (Phi) is 8.29. The number of nitrogens with zero attached hydrogens (tertiary/aromatic N) is 4. The lowest BCUT2D eigenvalue weighted by Gasteiger charge is -2.40. The summed E-state index contributed by atoms with van der Waals surface area (Å²) in [6, 6.07) is 0.840. The van der Waals surface area contributed by atoms with Crippen molar-refractivity contribution in [3.05, 3.63) is 11.8 Å². The molecule has 0 aromatic carbocycles. The van der Waals surface area contributed by atoms with Gasteiger partial charge in [0.1, 0.15) is 11.8 Å². The van der Waals surface area contributed by atoms with Crippen molar-refractivity contribution < 1.29 is 24.0 Å². The molecule has 3 N–H and O–H groups in total. The van der Waals surface area contributed by atoms with Gasteiger partial charge in [0.2, 0.25) is 5.91 Å². The van der Waals surface area contributed by atoms with Crippen LogP contribution in [0.5, 0.6) is 0 Å². The molecule has 0 spiro atoms. The first kappa shape index (κ1) is 24.5. The van der Waals surface area contributed by atoms with Crippen molar-refractivity contribution in [2.75, 3.05) is 38.5 Å². The van der Waals surface area contributed by atoms with Gasteiger partial charge in [-0.25, -0.2) is 9.59 Å². The van der Waals surface area contributed by atoms with Gasteiger partial charge in [-0.05, 0) is 19.3 Å². The van der Waals surface area contributed by atoms with Gasteiger partial charge < -0.3 is 30.1 Å². The molecule has 10 nitrogen and oxygen atoms in total. The first-order valence-electron chi connectivity index (χ1n) is 10.8. The van der Waals surface area contributed by atoms with Crippen LogP contribution < -0.4 is 5.73 Å². The van der Waals surface area contributed by atoms with Gasteiger partial charge >= 0.3 is 12.0 Å². The molecule has 3 rings (SSSR count). The smallest absolute Gasteiger partial charge is 0.326 e. The highest BCUT2D eigenvalue weighted by Gasteiger charge is 2.35. The Morgan fingerprint density at radius 1 is 1.13 bits per heavy atom. The molecule has 0 radical (unpaired) electrons. The number of hydrogen-bond acceptors (Lipinski definition) is 6. The van der Waals surface area contributed by atoms with Crippen molar-refractivity contribution in [2.24, 2.45) is 0 Å². The number of piperazine rings is 1. The fourth-order valence-electron chi connectivity index (χ4n) is 3.61. The van der Waals surface area contributed by atoms with Gasteiger partial charge in [0.05, 0.1) is 0 Å². The number of hydrogen-bond donors (Lipinski definition) is 2. The Labute approximate surface area is 183 Å². The Bertz CT molecular complexity index is 764. The van der Waals surface area contributed by atoms with E-state index in [0.29, 0.717) is 51.4 Å². The lowest BCUT2D eigenvalue weighted by Crippen LogP contribution is -2.58. The van der Waals surface area contributed by atoms with Gasteiger partial charge in [-0.3, -0.25) is 4.79 Å². The second kappa shape index (κ2) is 10.5. The molecule has 1 aromatic heterocycles. The van der Waals surface area contributed by atoms with Crippen LogP contribution in [0.15, 0.2) is 10.6 Å². The first-order valence-corrected chi connectivity index (χ1v) is 10.8. The number of carbonyl (C=O) groups excluding carboxylic acids is 2. The molecule has 31 heavy (non-hydrogen) atoms. The van der Waals surface area contributed by atoms with E-state index in [1.165, 1.54) is 4.90 Å². The van der Waals surface area contributed by atoms with E-state index < -0.39 is 12.0 Å².